The lowest BCUT2D eigenvalue weighted by atomic mass is 10.2. The van der Waals surface area contributed by atoms with E-state index < -0.39 is 12.0 Å². The van der Waals surface area contributed by atoms with Crippen molar-refractivity contribution in [1.29, 1.82) is 0 Å². The van der Waals surface area contributed by atoms with Crippen LogP contribution in [0.3, 0.4) is 0 Å². The van der Waals surface area contributed by atoms with Crippen LogP contribution in [0.1, 0.15) is 10.4 Å². The molecule has 0 spiro atoms. The minimum absolute atomic E-state index is 0.000812. The quantitative estimate of drug-likeness (QED) is 0.722. The fourth-order valence-corrected chi connectivity index (χ4v) is 1.22. The number of carboxylic acids is 1. The lowest BCUT2D eigenvalue weighted by molar-refractivity contribution is 0.0697. The fourth-order valence-electron chi connectivity index (χ4n) is 0.960. The molecule has 2 amide bonds. The molecule has 0 saturated heterocycles. The van der Waals surface area contributed by atoms with Crippen LogP contribution >= 0.6 is 11.6 Å². The number of anilines is 1. The summed E-state index contributed by atoms with van der Waals surface area (Å²) in [6, 6.07) is 3.77. The molecule has 6 heteroatoms. The van der Waals surface area contributed by atoms with E-state index in [2.05, 4.69) is 10.6 Å². The maximum Gasteiger partial charge on any atom is 0.337 e. The molecular formula is C9H9ClN2O3. The predicted octanol–water partition coefficient (Wildman–Crippen LogP) is 1.79. The van der Waals surface area contributed by atoms with E-state index in [4.69, 9.17) is 16.7 Å². The summed E-state index contributed by atoms with van der Waals surface area (Å²) in [5.74, 6) is -1.11. The molecule has 5 nitrogen and oxygen atoms in total. The highest BCUT2D eigenvalue weighted by Gasteiger charge is 2.09. The van der Waals surface area contributed by atoms with E-state index in [-0.39, 0.29) is 10.6 Å². The Morgan fingerprint density at radius 1 is 1.40 bits per heavy atom. The van der Waals surface area contributed by atoms with Crippen molar-refractivity contribution in [1.82, 2.24) is 5.32 Å². The molecule has 0 unspecified atom stereocenters. The minimum atomic E-state index is -1.11. The smallest absolute Gasteiger partial charge is 0.337 e. The minimum Gasteiger partial charge on any atom is -0.478 e. The largest absolute Gasteiger partial charge is 0.478 e. The second-order valence-corrected chi connectivity index (χ2v) is 3.11. The molecule has 0 atom stereocenters. The average molecular weight is 229 g/mol. The average Bonchev–Trinajstić information content (AvgIpc) is 2.17. The highest BCUT2D eigenvalue weighted by atomic mass is 35.5. The number of benzene rings is 1. The topological polar surface area (TPSA) is 78.4 Å². The van der Waals surface area contributed by atoms with Gasteiger partial charge in [0.1, 0.15) is 0 Å². The maximum atomic E-state index is 10.9. The van der Waals surface area contributed by atoms with Crippen molar-refractivity contribution in [2.24, 2.45) is 0 Å². The van der Waals surface area contributed by atoms with Crippen LogP contribution in [0.2, 0.25) is 5.02 Å². The summed E-state index contributed by atoms with van der Waals surface area (Å²) in [5, 5.41) is 13.6. The molecule has 0 aromatic heterocycles. The zero-order valence-electron chi connectivity index (χ0n) is 7.87. The highest BCUT2D eigenvalue weighted by Crippen LogP contribution is 2.20. The second-order valence-electron chi connectivity index (χ2n) is 2.70. The number of carboxylic acid groups (broad SMARTS) is 1. The van der Waals surface area contributed by atoms with Crippen LogP contribution in [0.25, 0.3) is 0 Å². The van der Waals surface area contributed by atoms with Gasteiger partial charge in [-0.3, -0.25) is 0 Å². The standard InChI is InChI=1S/C9H9ClN2O3/c1-11-9(15)12-5-2-3-6(8(13)14)7(10)4-5/h2-4H,1H3,(H,13,14)(H2,11,12,15). The fraction of sp³-hybridized carbons (Fsp3) is 0.111. The van der Waals surface area contributed by atoms with E-state index in [1.165, 1.54) is 25.2 Å². The van der Waals surface area contributed by atoms with Gasteiger partial charge in [-0.2, -0.15) is 0 Å². The van der Waals surface area contributed by atoms with Gasteiger partial charge in [0, 0.05) is 12.7 Å². The molecule has 80 valence electrons. The molecule has 1 rings (SSSR count). The zero-order chi connectivity index (χ0) is 11.4. The van der Waals surface area contributed by atoms with Crippen molar-refractivity contribution < 1.29 is 14.7 Å². The number of rotatable bonds is 2. The zero-order valence-corrected chi connectivity index (χ0v) is 8.63. The molecule has 0 fully saturated rings. The van der Waals surface area contributed by atoms with E-state index in [0.717, 1.165) is 0 Å². The van der Waals surface area contributed by atoms with Crippen LogP contribution in [0.15, 0.2) is 18.2 Å². The lowest BCUT2D eigenvalue weighted by Crippen LogP contribution is -2.24. The Morgan fingerprint density at radius 3 is 2.53 bits per heavy atom. The summed E-state index contributed by atoms with van der Waals surface area (Å²) in [4.78, 5) is 21.6. The normalized spacial score (nSPS) is 9.47. The monoisotopic (exact) mass is 228 g/mol. The molecule has 1 aromatic carbocycles. The molecule has 1 aromatic rings. The van der Waals surface area contributed by atoms with Crippen molar-refractivity contribution in [2.75, 3.05) is 12.4 Å². The van der Waals surface area contributed by atoms with Crippen LogP contribution < -0.4 is 10.6 Å². The van der Waals surface area contributed by atoms with Crippen LogP contribution in [-0.2, 0) is 0 Å². The number of carbonyl (C=O) groups excluding carboxylic acids is 1. The third kappa shape index (κ3) is 2.85. The maximum absolute atomic E-state index is 10.9. The molecular weight excluding hydrogens is 220 g/mol. The van der Waals surface area contributed by atoms with Gasteiger partial charge in [-0.25, -0.2) is 9.59 Å². The Hall–Kier alpha value is -1.75. The van der Waals surface area contributed by atoms with E-state index in [1.807, 2.05) is 0 Å². The third-order valence-electron chi connectivity index (χ3n) is 1.68. The van der Waals surface area contributed by atoms with Crippen LogP contribution in [-0.4, -0.2) is 24.2 Å². The van der Waals surface area contributed by atoms with Gasteiger partial charge in [0.15, 0.2) is 0 Å². The summed E-state index contributed by atoms with van der Waals surface area (Å²) >= 11 is 5.70. The first kappa shape index (κ1) is 11.3. The van der Waals surface area contributed by atoms with Crippen molar-refractivity contribution in [3.8, 4) is 0 Å². The Morgan fingerprint density at radius 2 is 2.07 bits per heavy atom. The van der Waals surface area contributed by atoms with Gasteiger partial charge in [0.2, 0.25) is 0 Å². The Bertz CT molecular complexity index is 406. The molecule has 0 radical (unpaired) electrons. The Labute approximate surface area is 91.0 Å². The van der Waals surface area contributed by atoms with Crippen molar-refractivity contribution in [2.45, 2.75) is 0 Å². The van der Waals surface area contributed by atoms with Gasteiger partial charge in [-0.15, -0.1) is 0 Å². The number of amides is 2. The summed E-state index contributed by atoms with van der Waals surface area (Å²) < 4.78 is 0. The van der Waals surface area contributed by atoms with Crippen LogP contribution in [0, 0.1) is 0 Å². The Kier molecular flexibility index (Phi) is 3.51. The highest BCUT2D eigenvalue weighted by molar-refractivity contribution is 6.33. The van der Waals surface area contributed by atoms with Crippen molar-refractivity contribution >= 4 is 29.3 Å². The number of aromatic carboxylic acids is 1. The molecule has 0 aliphatic rings. The summed E-state index contributed by atoms with van der Waals surface area (Å²) in [7, 11) is 1.47. The van der Waals surface area contributed by atoms with Crippen molar-refractivity contribution in [3.05, 3.63) is 28.8 Å². The molecule has 0 aliphatic heterocycles. The lowest BCUT2D eigenvalue weighted by Gasteiger charge is -2.05. The molecule has 0 aliphatic carbocycles. The van der Waals surface area contributed by atoms with E-state index in [1.54, 1.807) is 0 Å². The number of halogens is 1. The van der Waals surface area contributed by atoms with Gasteiger partial charge in [0.05, 0.1) is 10.6 Å². The molecule has 0 saturated carbocycles. The summed E-state index contributed by atoms with van der Waals surface area (Å²) in [6.45, 7) is 0. The number of hydrogen-bond donors (Lipinski definition) is 3. The number of urea groups is 1. The van der Waals surface area contributed by atoms with Gasteiger partial charge < -0.3 is 15.7 Å². The summed E-state index contributed by atoms with van der Waals surface area (Å²) in [5.41, 5.74) is 0.434. The number of hydrogen-bond acceptors (Lipinski definition) is 2. The molecule has 3 N–H and O–H groups in total. The third-order valence-corrected chi connectivity index (χ3v) is 2.00. The number of nitrogens with one attached hydrogen (secondary N) is 2. The first-order valence-electron chi connectivity index (χ1n) is 4.06. The van der Waals surface area contributed by atoms with Gasteiger partial charge in [-0.1, -0.05) is 11.6 Å². The SMILES string of the molecule is CNC(=O)Nc1ccc(C(=O)O)c(Cl)c1. The van der Waals surface area contributed by atoms with Crippen molar-refractivity contribution in [3.63, 3.8) is 0 Å². The summed E-state index contributed by atoms with van der Waals surface area (Å²) in [6.07, 6.45) is 0. The van der Waals surface area contributed by atoms with Crippen LogP contribution in [0.5, 0.6) is 0 Å². The first-order chi connectivity index (χ1) is 7.04. The first-order valence-corrected chi connectivity index (χ1v) is 4.44. The van der Waals surface area contributed by atoms with Gasteiger partial charge >= 0.3 is 12.0 Å². The predicted molar refractivity (Wildman–Crippen MR) is 56.5 cm³/mol. The molecule has 15 heavy (non-hydrogen) atoms. The van der Waals surface area contributed by atoms with E-state index in [0.29, 0.717) is 5.69 Å². The van der Waals surface area contributed by atoms with E-state index >= 15 is 0 Å². The molecule has 0 heterocycles. The van der Waals surface area contributed by atoms with Crippen LogP contribution in [0.4, 0.5) is 10.5 Å². The van der Waals surface area contributed by atoms with Gasteiger partial charge in [-0.05, 0) is 18.2 Å². The van der Waals surface area contributed by atoms with Gasteiger partial charge in [0.25, 0.3) is 0 Å². The molecule has 0 bridgehead atoms. The Balaban J connectivity index is 2.91. The number of carbonyl (C=O) groups is 2. The second kappa shape index (κ2) is 4.65. The van der Waals surface area contributed by atoms with E-state index in [9.17, 15) is 9.59 Å².